The predicted octanol–water partition coefficient (Wildman–Crippen LogP) is 1.82. The number of nitrogens with one attached hydrogen (secondary N) is 1. The molecule has 27 heavy (non-hydrogen) atoms. The van der Waals surface area contributed by atoms with Crippen LogP contribution in [0.5, 0.6) is 0 Å². The molecule has 1 aromatic heterocycles. The van der Waals surface area contributed by atoms with Gasteiger partial charge in [-0.3, -0.25) is 4.79 Å². The molecule has 8 nitrogen and oxygen atoms in total. The number of benzene rings is 1. The molecule has 1 N–H and O–H groups in total. The van der Waals surface area contributed by atoms with E-state index in [0.717, 1.165) is 24.2 Å². The molecule has 0 aliphatic carbocycles. The molecule has 1 aromatic carbocycles. The Morgan fingerprint density at radius 3 is 2.74 bits per heavy atom. The number of amides is 3. The molecule has 2 fully saturated rings. The number of hydrogen-bond donors (Lipinski definition) is 1. The average molecular weight is 389 g/mol. The van der Waals surface area contributed by atoms with Crippen molar-refractivity contribution in [1.82, 2.24) is 30.1 Å². The first kappa shape index (κ1) is 17.8. The lowest BCUT2D eigenvalue weighted by Gasteiger charge is -2.38. The molecule has 2 aromatic rings. The number of halogens is 1. The lowest BCUT2D eigenvalue weighted by molar-refractivity contribution is -0.128. The fourth-order valence-corrected chi connectivity index (χ4v) is 3.44. The molecule has 0 radical (unpaired) electrons. The summed E-state index contributed by atoms with van der Waals surface area (Å²) in [4.78, 5) is 27.5. The zero-order valence-corrected chi connectivity index (χ0v) is 15.6. The molecule has 0 spiro atoms. The SMILES string of the molecule is O=C1CCCN1Cc1cn(C2CN(C(=O)NCc3ccc(Cl)cc3)C2)nn1. The highest BCUT2D eigenvalue weighted by molar-refractivity contribution is 6.30. The number of carbonyl (C=O) groups is 2. The average Bonchev–Trinajstić information content (AvgIpc) is 3.23. The third-order valence-electron chi connectivity index (χ3n) is 4.96. The summed E-state index contributed by atoms with van der Waals surface area (Å²) in [6, 6.07) is 7.43. The maximum atomic E-state index is 12.2. The zero-order valence-electron chi connectivity index (χ0n) is 14.8. The van der Waals surface area contributed by atoms with E-state index in [0.29, 0.717) is 37.6 Å². The van der Waals surface area contributed by atoms with Crippen molar-refractivity contribution in [2.45, 2.75) is 32.0 Å². The fourth-order valence-electron chi connectivity index (χ4n) is 3.31. The predicted molar refractivity (Wildman–Crippen MR) is 99.0 cm³/mol. The fraction of sp³-hybridized carbons (Fsp3) is 0.444. The van der Waals surface area contributed by atoms with Crippen LogP contribution in [0.4, 0.5) is 4.79 Å². The van der Waals surface area contributed by atoms with Crippen LogP contribution in [-0.4, -0.2) is 56.4 Å². The Morgan fingerprint density at radius 2 is 2.04 bits per heavy atom. The van der Waals surface area contributed by atoms with Gasteiger partial charge in [-0.1, -0.05) is 28.9 Å². The molecular formula is C18H21ClN6O2. The van der Waals surface area contributed by atoms with Gasteiger partial charge in [-0.25, -0.2) is 9.48 Å². The van der Waals surface area contributed by atoms with Gasteiger partial charge in [0.05, 0.1) is 18.8 Å². The Hall–Kier alpha value is -2.61. The van der Waals surface area contributed by atoms with Gasteiger partial charge in [0.15, 0.2) is 0 Å². The van der Waals surface area contributed by atoms with Crippen molar-refractivity contribution in [1.29, 1.82) is 0 Å². The second-order valence-corrected chi connectivity index (χ2v) is 7.39. The van der Waals surface area contributed by atoms with Crippen molar-refractivity contribution in [2.75, 3.05) is 19.6 Å². The van der Waals surface area contributed by atoms with E-state index >= 15 is 0 Å². The van der Waals surface area contributed by atoms with Gasteiger partial charge in [-0.15, -0.1) is 5.10 Å². The highest BCUT2D eigenvalue weighted by Crippen LogP contribution is 2.21. The molecule has 0 bridgehead atoms. The normalized spacial score (nSPS) is 17.3. The van der Waals surface area contributed by atoms with E-state index in [9.17, 15) is 9.59 Å². The van der Waals surface area contributed by atoms with Gasteiger partial charge in [0.2, 0.25) is 5.91 Å². The van der Waals surface area contributed by atoms with Gasteiger partial charge in [0.25, 0.3) is 0 Å². The molecule has 2 aliphatic heterocycles. The Labute approximate surface area is 162 Å². The summed E-state index contributed by atoms with van der Waals surface area (Å²) < 4.78 is 1.79. The van der Waals surface area contributed by atoms with Crippen molar-refractivity contribution in [3.8, 4) is 0 Å². The summed E-state index contributed by atoms with van der Waals surface area (Å²) in [5.41, 5.74) is 1.79. The van der Waals surface area contributed by atoms with E-state index in [-0.39, 0.29) is 18.0 Å². The molecule has 3 amide bonds. The van der Waals surface area contributed by atoms with E-state index in [1.807, 2.05) is 23.2 Å². The third-order valence-corrected chi connectivity index (χ3v) is 5.21. The smallest absolute Gasteiger partial charge is 0.317 e. The van der Waals surface area contributed by atoms with E-state index < -0.39 is 0 Å². The zero-order chi connectivity index (χ0) is 18.8. The first-order valence-electron chi connectivity index (χ1n) is 9.04. The van der Waals surface area contributed by atoms with Crippen LogP contribution in [-0.2, 0) is 17.9 Å². The Morgan fingerprint density at radius 1 is 1.26 bits per heavy atom. The van der Waals surface area contributed by atoms with Gasteiger partial charge in [0.1, 0.15) is 5.69 Å². The van der Waals surface area contributed by atoms with Crippen LogP contribution in [0.3, 0.4) is 0 Å². The van der Waals surface area contributed by atoms with Crippen molar-refractivity contribution in [3.05, 3.63) is 46.7 Å². The Kier molecular flexibility index (Phi) is 4.98. The third kappa shape index (κ3) is 4.05. The molecule has 9 heteroatoms. The molecule has 4 rings (SSSR count). The van der Waals surface area contributed by atoms with E-state index in [1.54, 1.807) is 21.7 Å². The van der Waals surface area contributed by atoms with Crippen LogP contribution in [0.2, 0.25) is 5.02 Å². The highest BCUT2D eigenvalue weighted by atomic mass is 35.5. The lowest BCUT2D eigenvalue weighted by atomic mass is 10.1. The Bertz CT molecular complexity index is 831. The second kappa shape index (κ2) is 7.56. The minimum Gasteiger partial charge on any atom is -0.337 e. The summed E-state index contributed by atoms with van der Waals surface area (Å²) in [6.07, 6.45) is 3.41. The highest BCUT2D eigenvalue weighted by Gasteiger charge is 2.33. The number of aromatic nitrogens is 3. The van der Waals surface area contributed by atoms with Crippen molar-refractivity contribution in [2.24, 2.45) is 0 Å². The molecule has 2 aliphatic rings. The minimum absolute atomic E-state index is 0.0933. The number of urea groups is 1. The monoisotopic (exact) mass is 388 g/mol. The van der Waals surface area contributed by atoms with Crippen LogP contribution in [0, 0.1) is 0 Å². The molecule has 3 heterocycles. The number of rotatable bonds is 5. The number of carbonyl (C=O) groups excluding carboxylic acids is 2. The molecule has 142 valence electrons. The summed E-state index contributed by atoms with van der Waals surface area (Å²) in [5, 5.41) is 11.9. The van der Waals surface area contributed by atoms with Crippen LogP contribution < -0.4 is 5.32 Å². The maximum absolute atomic E-state index is 12.2. The number of nitrogens with zero attached hydrogens (tertiary/aromatic N) is 5. The van der Waals surface area contributed by atoms with Crippen molar-refractivity contribution in [3.63, 3.8) is 0 Å². The second-order valence-electron chi connectivity index (χ2n) is 6.95. The topological polar surface area (TPSA) is 83.4 Å². The minimum atomic E-state index is -0.0933. The summed E-state index contributed by atoms with van der Waals surface area (Å²) in [6.45, 7) is 2.96. The van der Waals surface area contributed by atoms with Gasteiger partial charge >= 0.3 is 6.03 Å². The summed E-state index contributed by atoms with van der Waals surface area (Å²) >= 11 is 5.86. The van der Waals surface area contributed by atoms with Crippen LogP contribution in [0.15, 0.2) is 30.5 Å². The van der Waals surface area contributed by atoms with Crippen LogP contribution in [0.25, 0.3) is 0 Å². The van der Waals surface area contributed by atoms with Crippen LogP contribution in [0.1, 0.15) is 30.1 Å². The van der Waals surface area contributed by atoms with E-state index in [4.69, 9.17) is 11.6 Å². The van der Waals surface area contributed by atoms with Gasteiger partial charge in [-0.2, -0.15) is 0 Å². The lowest BCUT2D eigenvalue weighted by Crippen LogP contribution is -2.54. The molecular weight excluding hydrogens is 368 g/mol. The molecule has 0 atom stereocenters. The van der Waals surface area contributed by atoms with E-state index in [2.05, 4.69) is 15.6 Å². The van der Waals surface area contributed by atoms with Crippen LogP contribution >= 0.6 is 11.6 Å². The van der Waals surface area contributed by atoms with Crippen molar-refractivity contribution < 1.29 is 9.59 Å². The standard InChI is InChI=1S/C18H21ClN6O2/c19-14-5-3-13(4-6-14)8-20-18(27)24-11-16(12-24)25-10-15(21-22-25)9-23-7-1-2-17(23)26/h3-6,10,16H,1-2,7-9,11-12H2,(H,20,27). The molecule has 0 saturated carbocycles. The summed E-state index contributed by atoms with van der Waals surface area (Å²) in [7, 11) is 0. The first-order chi connectivity index (χ1) is 13.1. The first-order valence-corrected chi connectivity index (χ1v) is 9.42. The quantitative estimate of drug-likeness (QED) is 0.846. The largest absolute Gasteiger partial charge is 0.337 e. The molecule has 2 saturated heterocycles. The number of hydrogen-bond acceptors (Lipinski definition) is 4. The molecule has 0 unspecified atom stereocenters. The van der Waals surface area contributed by atoms with Gasteiger partial charge in [0, 0.05) is 37.6 Å². The van der Waals surface area contributed by atoms with Crippen molar-refractivity contribution >= 4 is 23.5 Å². The van der Waals surface area contributed by atoms with Gasteiger partial charge in [-0.05, 0) is 24.1 Å². The maximum Gasteiger partial charge on any atom is 0.317 e. The Balaban J connectivity index is 1.23. The summed E-state index contributed by atoms with van der Waals surface area (Å²) in [5.74, 6) is 0.178. The van der Waals surface area contributed by atoms with Gasteiger partial charge < -0.3 is 15.1 Å². The number of likely N-dealkylation sites (tertiary alicyclic amines) is 2. The van der Waals surface area contributed by atoms with E-state index in [1.165, 1.54) is 0 Å².